The summed E-state index contributed by atoms with van der Waals surface area (Å²) >= 11 is 0. The van der Waals surface area contributed by atoms with Gasteiger partial charge in [0.15, 0.2) is 0 Å². The lowest BCUT2D eigenvalue weighted by atomic mass is 9.87. The molecule has 0 spiro atoms. The molecule has 44 heavy (non-hydrogen) atoms. The van der Waals surface area contributed by atoms with Crippen LogP contribution < -0.4 is 27.0 Å². The maximum atomic E-state index is 13.4. The zero-order valence-corrected chi connectivity index (χ0v) is 25.6. The van der Waals surface area contributed by atoms with Gasteiger partial charge < -0.3 is 37.0 Å². The fourth-order valence-electron chi connectivity index (χ4n) is 7.33. The molecule has 1 aromatic carbocycles. The molecule has 7 N–H and O–H groups in total. The van der Waals surface area contributed by atoms with E-state index in [4.69, 9.17) is 11.5 Å². The van der Waals surface area contributed by atoms with Gasteiger partial charge in [0.2, 0.25) is 5.91 Å². The first kappa shape index (κ1) is 31.1. The smallest absolute Gasteiger partial charge is 0.407 e. The number of pyridine rings is 1. The average molecular weight is 606 g/mol. The van der Waals surface area contributed by atoms with Crippen LogP contribution >= 0.6 is 0 Å². The van der Waals surface area contributed by atoms with Gasteiger partial charge in [0.1, 0.15) is 5.82 Å². The van der Waals surface area contributed by atoms with Gasteiger partial charge in [-0.25, -0.2) is 9.78 Å². The summed E-state index contributed by atoms with van der Waals surface area (Å²) in [6.45, 7) is 5.70. The molecule has 0 radical (unpaired) electrons. The highest BCUT2D eigenvalue weighted by atomic mass is 16.4. The summed E-state index contributed by atoms with van der Waals surface area (Å²) in [6.07, 6.45) is 6.97. The Morgan fingerprint density at radius 3 is 2.05 bits per heavy atom. The molecule has 236 valence electrons. The molecule has 12 heteroatoms. The molecule has 3 heterocycles. The largest absolute Gasteiger partial charge is 0.465 e. The second-order valence-corrected chi connectivity index (χ2v) is 13.3. The van der Waals surface area contributed by atoms with Crippen LogP contribution in [0.2, 0.25) is 0 Å². The van der Waals surface area contributed by atoms with Crippen LogP contribution in [-0.4, -0.2) is 74.6 Å². The predicted molar refractivity (Wildman–Crippen MR) is 167 cm³/mol. The number of rotatable bonds is 8. The molecule has 1 aliphatic carbocycles. The van der Waals surface area contributed by atoms with Crippen molar-refractivity contribution in [2.24, 2.45) is 11.5 Å². The molecule has 1 saturated carbocycles. The summed E-state index contributed by atoms with van der Waals surface area (Å²) in [5.41, 5.74) is 12.2. The Hall–Kier alpha value is -4.35. The third-order valence-electron chi connectivity index (χ3n) is 9.26. The van der Waals surface area contributed by atoms with Gasteiger partial charge in [-0.1, -0.05) is 0 Å². The number of hydrogen-bond acceptors (Lipinski definition) is 7. The molecular formula is C32H43N7O5. The molecule has 2 saturated heterocycles. The number of nitrogens with one attached hydrogen (secondary N) is 2. The van der Waals surface area contributed by atoms with E-state index in [0.717, 1.165) is 44.3 Å². The van der Waals surface area contributed by atoms with Gasteiger partial charge in [-0.15, -0.1) is 0 Å². The molecule has 3 atom stereocenters. The van der Waals surface area contributed by atoms with Crippen LogP contribution in [0.25, 0.3) is 0 Å². The average Bonchev–Trinajstić information content (AvgIpc) is 3.22. The van der Waals surface area contributed by atoms with E-state index in [1.54, 1.807) is 24.3 Å². The van der Waals surface area contributed by atoms with Gasteiger partial charge in [0.25, 0.3) is 11.8 Å². The number of fused-ring (bicyclic) bond motifs is 2. The first-order chi connectivity index (χ1) is 20.8. The lowest BCUT2D eigenvalue weighted by Gasteiger charge is -2.43. The zero-order chi connectivity index (χ0) is 31.8. The number of nitrogens with two attached hydrogens (primary N) is 2. The number of primary amides is 2. The van der Waals surface area contributed by atoms with Crippen molar-refractivity contribution in [2.45, 2.75) is 108 Å². The molecule has 2 aromatic rings. The maximum absolute atomic E-state index is 13.4. The highest BCUT2D eigenvalue weighted by Crippen LogP contribution is 2.39. The van der Waals surface area contributed by atoms with Crippen LogP contribution in [0.15, 0.2) is 36.5 Å². The number of piperidine rings is 1. The van der Waals surface area contributed by atoms with E-state index in [1.807, 2.05) is 26.8 Å². The molecule has 1 aromatic heterocycles. The van der Waals surface area contributed by atoms with E-state index in [2.05, 4.69) is 20.5 Å². The van der Waals surface area contributed by atoms with Gasteiger partial charge in [0, 0.05) is 53.2 Å². The van der Waals surface area contributed by atoms with Crippen molar-refractivity contribution in [3.8, 4) is 0 Å². The van der Waals surface area contributed by atoms with Crippen molar-refractivity contribution < 1.29 is 24.3 Å². The minimum absolute atomic E-state index is 0.0105. The molecule has 2 aliphatic heterocycles. The first-order valence-electron chi connectivity index (χ1n) is 15.4. The van der Waals surface area contributed by atoms with Crippen molar-refractivity contribution in [3.63, 3.8) is 0 Å². The Morgan fingerprint density at radius 1 is 0.886 bits per heavy atom. The number of carbonyl (C=O) groups excluding carboxylic acids is 3. The number of hydrogen-bond donors (Lipinski definition) is 5. The van der Waals surface area contributed by atoms with E-state index in [9.17, 15) is 24.3 Å². The minimum atomic E-state index is -0.919. The van der Waals surface area contributed by atoms with Crippen molar-refractivity contribution in [2.75, 3.05) is 10.2 Å². The van der Waals surface area contributed by atoms with Gasteiger partial charge in [-0.05, 0) is 102 Å². The van der Waals surface area contributed by atoms with Gasteiger partial charge in [-0.3, -0.25) is 14.4 Å². The van der Waals surface area contributed by atoms with Crippen LogP contribution in [0, 0.1) is 0 Å². The normalized spacial score (nSPS) is 24.8. The lowest BCUT2D eigenvalue weighted by Crippen LogP contribution is -2.52. The Balaban J connectivity index is 1.22. The number of anilines is 2. The molecule has 1 unspecified atom stereocenters. The summed E-state index contributed by atoms with van der Waals surface area (Å²) in [4.78, 5) is 57.3. The monoisotopic (exact) mass is 605 g/mol. The van der Waals surface area contributed by atoms with E-state index in [1.165, 1.54) is 11.1 Å². The van der Waals surface area contributed by atoms with Crippen LogP contribution in [0.4, 0.5) is 16.3 Å². The highest BCUT2D eigenvalue weighted by Gasteiger charge is 2.42. The summed E-state index contributed by atoms with van der Waals surface area (Å²) in [5, 5.41) is 16.4. The van der Waals surface area contributed by atoms with Crippen LogP contribution in [0.1, 0.15) is 103 Å². The lowest BCUT2D eigenvalue weighted by molar-refractivity contribution is 0.0556. The fraction of sp³-hybridized carbons (Fsp3) is 0.531. The second kappa shape index (κ2) is 12.3. The number of carbonyl (C=O) groups is 4. The summed E-state index contributed by atoms with van der Waals surface area (Å²) in [5.74, 6) is -0.490. The summed E-state index contributed by atoms with van der Waals surface area (Å²) < 4.78 is 0. The number of nitrogens with zero attached hydrogens (tertiary/aromatic N) is 3. The van der Waals surface area contributed by atoms with E-state index < -0.39 is 23.4 Å². The highest BCUT2D eigenvalue weighted by molar-refractivity contribution is 6.02. The zero-order valence-electron chi connectivity index (χ0n) is 25.6. The summed E-state index contributed by atoms with van der Waals surface area (Å²) in [7, 11) is 0. The van der Waals surface area contributed by atoms with Crippen molar-refractivity contribution in [1.82, 2.24) is 15.2 Å². The number of benzene rings is 1. The molecule has 3 aliphatic rings. The second-order valence-electron chi connectivity index (χ2n) is 13.3. The molecule has 5 rings (SSSR count). The minimum Gasteiger partial charge on any atom is -0.465 e. The van der Waals surface area contributed by atoms with Crippen molar-refractivity contribution in [1.29, 1.82) is 0 Å². The van der Waals surface area contributed by atoms with Crippen LogP contribution in [0.5, 0.6) is 0 Å². The Labute approximate surface area is 257 Å². The van der Waals surface area contributed by atoms with E-state index in [0.29, 0.717) is 35.2 Å². The Kier molecular flexibility index (Phi) is 8.71. The molecule has 12 nitrogen and oxygen atoms in total. The van der Waals surface area contributed by atoms with Gasteiger partial charge >= 0.3 is 6.09 Å². The number of aromatic nitrogens is 1. The van der Waals surface area contributed by atoms with E-state index in [-0.39, 0.29) is 36.1 Å². The third-order valence-corrected chi connectivity index (χ3v) is 9.26. The quantitative estimate of drug-likeness (QED) is 0.301. The standard InChI is InChI=1S/C32H43N7O5/c1-32(2,3)39(31(43)44)22-8-6-20(7-9-22)36-26-14-18(4-12-25(26)29(34)41)30(42)37-21-15-23-10-11-24(16-21)38(23)27-13-5-19(17-35-27)28(33)40/h4-5,12-14,17,20-24,36H,6-11,15-16H2,1-3H3,(H2,33,40)(H2,34,41)(H,37,42)(H,43,44)/t20?,21?,22?,23-,24+. The topological polar surface area (TPSA) is 184 Å². The molecule has 2 bridgehead atoms. The first-order valence-corrected chi connectivity index (χ1v) is 15.4. The van der Waals surface area contributed by atoms with E-state index >= 15 is 0 Å². The number of amides is 4. The SMILES string of the molecule is CC(C)(C)N(C(=O)O)C1CCC(Nc2cc(C(=O)NC3C[C@H]4CC[C@@H](C3)N4c3ccc(C(N)=O)cn3)ccc2C(N)=O)CC1. The predicted octanol–water partition coefficient (Wildman–Crippen LogP) is 3.71. The molecule has 4 amide bonds. The molecule has 3 fully saturated rings. The molecular weight excluding hydrogens is 562 g/mol. The van der Waals surface area contributed by atoms with Crippen molar-refractivity contribution in [3.05, 3.63) is 53.2 Å². The Morgan fingerprint density at radius 2 is 1.52 bits per heavy atom. The van der Waals surface area contributed by atoms with Crippen LogP contribution in [-0.2, 0) is 0 Å². The van der Waals surface area contributed by atoms with Crippen molar-refractivity contribution >= 4 is 35.3 Å². The summed E-state index contributed by atoms with van der Waals surface area (Å²) in [6, 6.07) is 8.81. The third kappa shape index (κ3) is 6.58. The fourth-order valence-corrected chi connectivity index (χ4v) is 7.33. The van der Waals surface area contributed by atoms with Gasteiger partial charge in [-0.2, -0.15) is 0 Å². The Bertz CT molecular complexity index is 1400. The number of carboxylic acid groups (broad SMARTS) is 1. The van der Waals surface area contributed by atoms with Gasteiger partial charge in [0.05, 0.1) is 11.1 Å². The van der Waals surface area contributed by atoms with Crippen LogP contribution in [0.3, 0.4) is 0 Å². The maximum Gasteiger partial charge on any atom is 0.407 e.